The molecule has 0 heterocycles. The monoisotopic (exact) mass is 282 g/mol. The van der Waals surface area contributed by atoms with Gasteiger partial charge in [-0.3, -0.25) is 9.59 Å². The first-order chi connectivity index (χ1) is 9.19. The van der Waals surface area contributed by atoms with Gasteiger partial charge in [0.1, 0.15) is 6.10 Å². The van der Waals surface area contributed by atoms with E-state index in [2.05, 4.69) is 0 Å². The number of hydrogen-bond donors (Lipinski definition) is 0. The summed E-state index contributed by atoms with van der Waals surface area (Å²) in [6, 6.07) is 8.93. The second-order valence-corrected chi connectivity index (χ2v) is 4.35. The highest BCUT2D eigenvalue weighted by Crippen LogP contribution is 2.16. The number of carbonyl (C=O) groups is 2. The van der Waals surface area contributed by atoms with Gasteiger partial charge >= 0.3 is 5.97 Å². The van der Waals surface area contributed by atoms with Crippen molar-refractivity contribution >= 4 is 23.8 Å². The molecule has 5 heteroatoms. The van der Waals surface area contributed by atoms with Gasteiger partial charge in [0, 0.05) is 18.2 Å². The second kappa shape index (κ2) is 8.72. The van der Waals surface area contributed by atoms with Gasteiger partial charge in [0.2, 0.25) is 0 Å². The van der Waals surface area contributed by atoms with Gasteiger partial charge in [-0.15, -0.1) is 0 Å². The molecule has 0 spiro atoms. The molecule has 0 saturated heterocycles. The Balaban J connectivity index is 2.61. The predicted octanol–water partition coefficient (Wildman–Crippen LogP) is 2.88. The van der Waals surface area contributed by atoms with E-state index in [1.807, 2.05) is 6.07 Å². The Bertz CT molecular complexity index is 405. The first kappa shape index (κ1) is 15.7. The van der Waals surface area contributed by atoms with Gasteiger partial charge in [0.15, 0.2) is 5.78 Å². The summed E-state index contributed by atoms with van der Waals surface area (Å²) in [6.45, 7) is 2.10. The SMILES string of the molecule is CCOC(=O)CCC(OSC)C(=O)c1ccccc1. The molecule has 0 fully saturated rings. The van der Waals surface area contributed by atoms with Crippen LogP contribution in [0.1, 0.15) is 30.1 Å². The number of benzene rings is 1. The number of Topliss-reactive ketones (excluding diaryl/α,β-unsaturated/α-hetero) is 1. The Morgan fingerprint density at radius 2 is 1.95 bits per heavy atom. The molecule has 1 aromatic carbocycles. The number of ketones is 1. The Hall–Kier alpha value is -1.33. The van der Waals surface area contributed by atoms with Crippen molar-refractivity contribution in [3.63, 3.8) is 0 Å². The maximum Gasteiger partial charge on any atom is 0.305 e. The summed E-state index contributed by atoms with van der Waals surface area (Å²) in [4.78, 5) is 23.5. The summed E-state index contributed by atoms with van der Waals surface area (Å²) in [5.74, 6) is -0.419. The molecule has 4 nitrogen and oxygen atoms in total. The fourth-order valence-electron chi connectivity index (χ4n) is 1.61. The Morgan fingerprint density at radius 1 is 1.26 bits per heavy atom. The van der Waals surface area contributed by atoms with E-state index in [9.17, 15) is 9.59 Å². The zero-order valence-corrected chi connectivity index (χ0v) is 11.9. The molecule has 0 aliphatic rings. The molecule has 104 valence electrons. The normalized spacial score (nSPS) is 11.9. The number of esters is 1. The smallest absolute Gasteiger partial charge is 0.305 e. The standard InChI is InChI=1S/C14H18O4S/c1-3-17-13(15)10-9-12(18-19-2)14(16)11-7-5-4-6-8-11/h4-8,12H,3,9-10H2,1-2H3. The lowest BCUT2D eigenvalue weighted by molar-refractivity contribution is -0.143. The van der Waals surface area contributed by atoms with Crippen molar-refractivity contribution in [2.45, 2.75) is 25.9 Å². The molecule has 0 radical (unpaired) electrons. The van der Waals surface area contributed by atoms with Crippen LogP contribution in [0.3, 0.4) is 0 Å². The van der Waals surface area contributed by atoms with Crippen molar-refractivity contribution < 1.29 is 18.5 Å². The summed E-state index contributed by atoms with van der Waals surface area (Å²) >= 11 is 1.12. The van der Waals surface area contributed by atoms with Gasteiger partial charge in [0.05, 0.1) is 6.61 Å². The molecule has 0 aromatic heterocycles. The number of rotatable bonds is 8. The molecule has 0 amide bonds. The predicted molar refractivity (Wildman–Crippen MR) is 75.0 cm³/mol. The van der Waals surface area contributed by atoms with E-state index in [4.69, 9.17) is 8.92 Å². The van der Waals surface area contributed by atoms with Gasteiger partial charge in [-0.1, -0.05) is 30.3 Å². The molecule has 0 aliphatic heterocycles. The third-order valence-corrected chi connectivity index (χ3v) is 2.90. The lowest BCUT2D eigenvalue weighted by Crippen LogP contribution is -2.23. The highest BCUT2D eigenvalue weighted by Gasteiger charge is 2.22. The third kappa shape index (κ3) is 5.44. The van der Waals surface area contributed by atoms with Crippen LogP contribution in [0.15, 0.2) is 30.3 Å². The van der Waals surface area contributed by atoms with E-state index < -0.39 is 6.10 Å². The van der Waals surface area contributed by atoms with E-state index >= 15 is 0 Å². The zero-order valence-electron chi connectivity index (χ0n) is 11.1. The van der Waals surface area contributed by atoms with Crippen LogP contribution in [0.4, 0.5) is 0 Å². The molecule has 0 bridgehead atoms. The molecule has 1 atom stereocenters. The van der Waals surface area contributed by atoms with Crippen LogP contribution in [0.2, 0.25) is 0 Å². The van der Waals surface area contributed by atoms with Crippen molar-refractivity contribution in [2.24, 2.45) is 0 Å². The van der Waals surface area contributed by atoms with Crippen molar-refractivity contribution in [1.29, 1.82) is 0 Å². The Labute approximate surface area is 117 Å². The topological polar surface area (TPSA) is 52.6 Å². The van der Waals surface area contributed by atoms with Gasteiger partial charge in [-0.05, 0) is 25.4 Å². The van der Waals surface area contributed by atoms with Gasteiger partial charge in [-0.25, -0.2) is 0 Å². The van der Waals surface area contributed by atoms with Crippen molar-refractivity contribution in [1.82, 2.24) is 0 Å². The Morgan fingerprint density at radius 3 is 2.53 bits per heavy atom. The van der Waals surface area contributed by atoms with E-state index in [0.717, 1.165) is 12.0 Å². The molecular weight excluding hydrogens is 264 g/mol. The molecule has 19 heavy (non-hydrogen) atoms. The minimum Gasteiger partial charge on any atom is -0.466 e. The summed E-state index contributed by atoms with van der Waals surface area (Å²) in [5.41, 5.74) is 0.588. The van der Waals surface area contributed by atoms with Crippen LogP contribution in [0.5, 0.6) is 0 Å². The molecule has 1 aromatic rings. The highest BCUT2D eigenvalue weighted by atomic mass is 32.2. The van der Waals surface area contributed by atoms with Crippen LogP contribution in [0, 0.1) is 0 Å². The number of carbonyl (C=O) groups excluding carboxylic acids is 2. The summed E-state index contributed by atoms with van der Waals surface area (Å²) < 4.78 is 10.2. The summed E-state index contributed by atoms with van der Waals surface area (Å²) in [6.07, 6.45) is 1.63. The average molecular weight is 282 g/mol. The first-order valence-electron chi connectivity index (χ1n) is 6.13. The zero-order chi connectivity index (χ0) is 14.1. The van der Waals surface area contributed by atoms with E-state index in [1.165, 1.54) is 0 Å². The molecule has 0 aliphatic carbocycles. The van der Waals surface area contributed by atoms with Gasteiger partial charge < -0.3 is 8.92 Å². The van der Waals surface area contributed by atoms with E-state index in [1.54, 1.807) is 37.4 Å². The van der Waals surface area contributed by atoms with Crippen LogP contribution in [-0.2, 0) is 13.7 Å². The van der Waals surface area contributed by atoms with Gasteiger partial charge in [0.25, 0.3) is 0 Å². The van der Waals surface area contributed by atoms with Crippen LogP contribution >= 0.6 is 12.0 Å². The Kier molecular flexibility index (Phi) is 7.22. The third-order valence-electron chi connectivity index (χ3n) is 2.48. The fraction of sp³-hybridized carbons (Fsp3) is 0.429. The summed E-state index contributed by atoms with van der Waals surface area (Å²) in [7, 11) is 0. The second-order valence-electron chi connectivity index (χ2n) is 3.83. The van der Waals surface area contributed by atoms with Crippen molar-refractivity contribution in [3.05, 3.63) is 35.9 Å². The molecule has 0 saturated carbocycles. The van der Waals surface area contributed by atoms with Crippen LogP contribution in [0.25, 0.3) is 0 Å². The van der Waals surface area contributed by atoms with Gasteiger partial charge in [-0.2, -0.15) is 0 Å². The van der Waals surface area contributed by atoms with Crippen LogP contribution < -0.4 is 0 Å². The minimum absolute atomic E-state index is 0.112. The molecule has 1 unspecified atom stereocenters. The molecular formula is C14H18O4S. The largest absolute Gasteiger partial charge is 0.466 e. The average Bonchev–Trinajstić information content (AvgIpc) is 2.44. The van der Waals surface area contributed by atoms with Crippen molar-refractivity contribution in [3.8, 4) is 0 Å². The number of ether oxygens (including phenoxy) is 1. The van der Waals surface area contributed by atoms with Crippen molar-refractivity contribution in [2.75, 3.05) is 12.9 Å². The maximum atomic E-state index is 12.2. The lowest BCUT2D eigenvalue weighted by Gasteiger charge is -2.14. The highest BCUT2D eigenvalue weighted by molar-refractivity contribution is 7.93. The van der Waals surface area contributed by atoms with E-state index in [-0.39, 0.29) is 18.2 Å². The maximum absolute atomic E-state index is 12.2. The van der Waals surface area contributed by atoms with E-state index in [0.29, 0.717) is 18.6 Å². The molecule has 1 rings (SSSR count). The summed E-state index contributed by atoms with van der Waals surface area (Å²) in [5, 5.41) is 0. The van der Waals surface area contributed by atoms with Crippen LogP contribution in [-0.4, -0.2) is 30.7 Å². The quantitative estimate of drug-likeness (QED) is 0.417. The fourth-order valence-corrected chi connectivity index (χ4v) is 2.03. The lowest BCUT2D eigenvalue weighted by atomic mass is 10.0. The minimum atomic E-state index is -0.623. The first-order valence-corrected chi connectivity index (χ1v) is 7.28. The molecule has 0 N–H and O–H groups in total. The number of hydrogen-bond acceptors (Lipinski definition) is 5.